The van der Waals surface area contributed by atoms with Crippen LogP contribution in [0.2, 0.25) is 0 Å². The Morgan fingerprint density at radius 1 is 1.15 bits per heavy atom. The molecule has 2 bridgehead atoms. The zero-order valence-corrected chi connectivity index (χ0v) is 11.5. The highest BCUT2D eigenvalue weighted by molar-refractivity contribution is 6.27. The van der Waals surface area contributed by atoms with Crippen molar-refractivity contribution >= 4 is 17.7 Å². The zero-order valence-electron chi connectivity index (χ0n) is 11.5. The minimum Gasteiger partial charge on any atom is -0.473 e. The third kappa shape index (κ3) is 3.47. The van der Waals surface area contributed by atoms with Gasteiger partial charge in [-0.2, -0.15) is 0 Å². The summed E-state index contributed by atoms with van der Waals surface area (Å²) in [6.45, 7) is 3.86. The molecule has 1 saturated carbocycles. The molecule has 2 N–H and O–H groups in total. The Balaban J connectivity index is 0.000000212. The molecule has 0 aromatic heterocycles. The van der Waals surface area contributed by atoms with Crippen molar-refractivity contribution in [2.24, 2.45) is 22.9 Å². The molecule has 2 heterocycles. The van der Waals surface area contributed by atoms with Gasteiger partial charge in [-0.1, -0.05) is 5.16 Å². The van der Waals surface area contributed by atoms with Crippen LogP contribution in [0.5, 0.6) is 0 Å². The Morgan fingerprint density at radius 3 is 2.15 bits per heavy atom. The van der Waals surface area contributed by atoms with Gasteiger partial charge in [0.05, 0.1) is 5.71 Å². The van der Waals surface area contributed by atoms with E-state index in [9.17, 15) is 0 Å². The lowest BCUT2D eigenvalue weighted by molar-refractivity contribution is -0.159. The third-order valence-electron chi connectivity index (χ3n) is 4.09. The summed E-state index contributed by atoms with van der Waals surface area (Å²) in [6.07, 6.45) is 4.05. The van der Waals surface area contributed by atoms with Gasteiger partial charge in [0.25, 0.3) is 0 Å². The first-order valence-electron chi connectivity index (χ1n) is 6.82. The summed E-state index contributed by atoms with van der Waals surface area (Å²) in [4.78, 5) is 25.8. The van der Waals surface area contributed by atoms with Crippen molar-refractivity contribution in [2.75, 3.05) is 26.7 Å². The van der Waals surface area contributed by atoms with E-state index in [2.05, 4.69) is 10.1 Å². The van der Waals surface area contributed by atoms with Crippen molar-refractivity contribution in [1.29, 1.82) is 0 Å². The van der Waals surface area contributed by atoms with E-state index in [4.69, 9.17) is 24.6 Å². The number of nitrogens with zero attached hydrogens (tertiary/aromatic N) is 2. The van der Waals surface area contributed by atoms with Crippen LogP contribution in [0.3, 0.4) is 0 Å². The van der Waals surface area contributed by atoms with Crippen LogP contribution in [0, 0.1) is 17.8 Å². The highest BCUT2D eigenvalue weighted by Crippen LogP contribution is 2.41. The normalized spacial score (nSPS) is 31.4. The van der Waals surface area contributed by atoms with Gasteiger partial charge in [0, 0.05) is 24.9 Å². The summed E-state index contributed by atoms with van der Waals surface area (Å²) in [5, 5.41) is 19.1. The van der Waals surface area contributed by atoms with Gasteiger partial charge in [0.2, 0.25) is 0 Å². The fourth-order valence-corrected chi connectivity index (χ4v) is 3.05. The van der Waals surface area contributed by atoms with Crippen LogP contribution < -0.4 is 0 Å². The molecule has 0 spiro atoms. The Hall–Kier alpha value is -1.63. The van der Waals surface area contributed by atoms with E-state index >= 15 is 0 Å². The molecule has 7 heteroatoms. The highest BCUT2D eigenvalue weighted by Gasteiger charge is 2.44. The van der Waals surface area contributed by atoms with Gasteiger partial charge in [0.15, 0.2) is 0 Å². The standard InChI is InChI=1S/C11H18N2O.C2H2O4/c1-14-12-11(8-2-3-8)10-7-13-5-4-9(10)6-13;3-1(4)2(5)6/h8-10H,2-7H2,1H3;(H,3,4)(H,5,6). The van der Waals surface area contributed by atoms with E-state index in [-0.39, 0.29) is 0 Å². The molecule has 3 atom stereocenters. The quantitative estimate of drug-likeness (QED) is 0.445. The molecule has 2 aliphatic heterocycles. The van der Waals surface area contributed by atoms with Gasteiger partial charge < -0.3 is 20.0 Å². The second-order valence-corrected chi connectivity index (χ2v) is 5.50. The van der Waals surface area contributed by atoms with Crippen molar-refractivity contribution in [2.45, 2.75) is 19.3 Å². The van der Waals surface area contributed by atoms with Crippen LogP contribution in [0.4, 0.5) is 0 Å². The number of carboxylic acid groups (broad SMARTS) is 2. The fraction of sp³-hybridized carbons (Fsp3) is 0.769. The molecule has 3 unspecified atom stereocenters. The molecule has 0 radical (unpaired) electrons. The van der Waals surface area contributed by atoms with Gasteiger partial charge in [-0.05, 0) is 31.7 Å². The van der Waals surface area contributed by atoms with Crippen LogP contribution in [-0.2, 0) is 14.4 Å². The lowest BCUT2D eigenvalue weighted by Crippen LogP contribution is -2.30. The van der Waals surface area contributed by atoms with E-state index in [1.165, 1.54) is 44.6 Å². The number of carbonyl (C=O) groups is 2. The zero-order chi connectivity index (χ0) is 14.7. The van der Waals surface area contributed by atoms with Crippen molar-refractivity contribution in [3.63, 3.8) is 0 Å². The number of hydrogen-bond acceptors (Lipinski definition) is 5. The predicted octanol–water partition coefficient (Wildman–Crippen LogP) is 0.506. The van der Waals surface area contributed by atoms with E-state index in [0.717, 1.165) is 17.8 Å². The minimum absolute atomic E-state index is 0.719. The van der Waals surface area contributed by atoms with Crippen molar-refractivity contribution in [3.8, 4) is 0 Å². The molecular formula is C13H20N2O5. The SMILES string of the molecule is CON=C(C1CC1)C1CN2CCC1C2.O=C(O)C(=O)O. The second kappa shape index (κ2) is 6.21. The Bertz CT molecular complexity index is 407. The van der Waals surface area contributed by atoms with E-state index in [1.54, 1.807) is 7.11 Å². The summed E-state index contributed by atoms with van der Waals surface area (Å²) in [7, 11) is 1.68. The Morgan fingerprint density at radius 2 is 1.80 bits per heavy atom. The van der Waals surface area contributed by atoms with Crippen LogP contribution in [-0.4, -0.2) is 59.5 Å². The van der Waals surface area contributed by atoms with Gasteiger partial charge in [-0.15, -0.1) is 0 Å². The number of aliphatic carboxylic acids is 2. The molecule has 3 fully saturated rings. The Kier molecular flexibility index (Phi) is 4.59. The van der Waals surface area contributed by atoms with Crippen molar-refractivity contribution in [3.05, 3.63) is 0 Å². The summed E-state index contributed by atoms with van der Waals surface area (Å²) in [5.41, 5.74) is 1.37. The van der Waals surface area contributed by atoms with Crippen molar-refractivity contribution in [1.82, 2.24) is 4.90 Å². The summed E-state index contributed by atoms with van der Waals surface area (Å²) in [6, 6.07) is 0. The molecule has 2 saturated heterocycles. The summed E-state index contributed by atoms with van der Waals surface area (Å²) in [5.74, 6) is -1.29. The van der Waals surface area contributed by atoms with Crippen LogP contribution in [0.1, 0.15) is 19.3 Å². The molecule has 0 aromatic rings. The maximum Gasteiger partial charge on any atom is 0.414 e. The topological polar surface area (TPSA) is 99.4 Å². The first-order valence-corrected chi connectivity index (χ1v) is 6.82. The molecule has 112 valence electrons. The smallest absolute Gasteiger partial charge is 0.414 e. The summed E-state index contributed by atoms with van der Waals surface area (Å²) >= 11 is 0. The molecule has 0 amide bonds. The monoisotopic (exact) mass is 284 g/mol. The summed E-state index contributed by atoms with van der Waals surface area (Å²) < 4.78 is 0. The average Bonchev–Trinajstić information content (AvgIpc) is 3.03. The maximum atomic E-state index is 9.10. The van der Waals surface area contributed by atoms with Crippen LogP contribution >= 0.6 is 0 Å². The minimum atomic E-state index is -1.82. The van der Waals surface area contributed by atoms with E-state index < -0.39 is 11.9 Å². The number of piperidine rings is 1. The number of oxime groups is 1. The first kappa shape index (κ1) is 14.8. The molecule has 20 heavy (non-hydrogen) atoms. The number of rotatable bonds is 3. The fourth-order valence-electron chi connectivity index (χ4n) is 3.05. The largest absolute Gasteiger partial charge is 0.473 e. The average molecular weight is 284 g/mol. The van der Waals surface area contributed by atoms with Gasteiger partial charge in [-0.25, -0.2) is 9.59 Å². The highest BCUT2D eigenvalue weighted by atomic mass is 16.6. The lowest BCUT2D eigenvalue weighted by atomic mass is 9.86. The lowest BCUT2D eigenvalue weighted by Gasteiger charge is -2.23. The molecular weight excluding hydrogens is 264 g/mol. The van der Waals surface area contributed by atoms with Gasteiger partial charge in [-0.3, -0.25) is 0 Å². The molecule has 0 aromatic carbocycles. The van der Waals surface area contributed by atoms with Gasteiger partial charge in [0.1, 0.15) is 7.11 Å². The third-order valence-corrected chi connectivity index (χ3v) is 4.09. The molecule has 1 aliphatic carbocycles. The molecule has 3 aliphatic rings. The van der Waals surface area contributed by atoms with E-state index in [0.29, 0.717) is 0 Å². The first-order chi connectivity index (χ1) is 9.52. The number of hydrogen-bond donors (Lipinski definition) is 2. The Labute approximate surface area is 117 Å². The van der Waals surface area contributed by atoms with Crippen LogP contribution in [0.25, 0.3) is 0 Å². The molecule has 7 nitrogen and oxygen atoms in total. The van der Waals surface area contributed by atoms with Crippen molar-refractivity contribution < 1.29 is 24.6 Å². The van der Waals surface area contributed by atoms with Gasteiger partial charge >= 0.3 is 11.9 Å². The van der Waals surface area contributed by atoms with Crippen LogP contribution in [0.15, 0.2) is 5.16 Å². The number of fused-ring (bicyclic) bond motifs is 2. The molecule has 3 rings (SSSR count). The maximum absolute atomic E-state index is 9.10. The second-order valence-electron chi connectivity index (χ2n) is 5.50. The predicted molar refractivity (Wildman–Crippen MR) is 70.5 cm³/mol. The number of carboxylic acids is 2. The van der Waals surface area contributed by atoms with E-state index in [1.807, 2.05) is 0 Å².